The fourth-order valence-electron chi connectivity index (χ4n) is 3.64. The third-order valence-corrected chi connectivity index (χ3v) is 5.31. The number of aryl methyl sites for hydroxylation is 1. The molecule has 0 saturated carbocycles. The van der Waals surface area contributed by atoms with E-state index in [0.29, 0.717) is 11.4 Å². The zero-order valence-electron chi connectivity index (χ0n) is 17.5. The van der Waals surface area contributed by atoms with Crippen LogP contribution in [-0.4, -0.2) is 28.8 Å². The van der Waals surface area contributed by atoms with Gasteiger partial charge in [-0.05, 0) is 48.9 Å². The standard InChI is InChI=1S/C25H22FN3O3/c1-17-7-9-18(10-8-17)16-28-22(15-23(30)27-20-13-11-19(26)12-14-20)24(31)29(25(28)32)21-5-3-2-4-6-21/h2-14,22H,15-16H2,1H3,(H,27,30)/t22-/m1/s1. The summed E-state index contributed by atoms with van der Waals surface area (Å²) in [7, 11) is 0. The average Bonchev–Trinajstić information content (AvgIpc) is 3.01. The average molecular weight is 431 g/mol. The molecule has 0 bridgehead atoms. The Labute approximate surface area is 185 Å². The molecule has 0 aliphatic carbocycles. The highest BCUT2D eigenvalue weighted by molar-refractivity contribution is 6.22. The molecule has 0 spiro atoms. The maximum absolute atomic E-state index is 13.2. The number of para-hydroxylation sites is 1. The van der Waals surface area contributed by atoms with Gasteiger partial charge in [-0.3, -0.25) is 9.59 Å². The van der Waals surface area contributed by atoms with Crippen molar-refractivity contribution in [2.75, 3.05) is 10.2 Å². The number of imide groups is 1. The summed E-state index contributed by atoms with van der Waals surface area (Å²) in [4.78, 5) is 41.7. The van der Waals surface area contributed by atoms with Crippen LogP contribution in [0.4, 0.5) is 20.6 Å². The summed E-state index contributed by atoms with van der Waals surface area (Å²) in [5, 5.41) is 2.66. The van der Waals surface area contributed by atoms with Crippen LogP contribution in [-0.2, 0) is 16.1 Å². The first-order valence-corrected chi connectivity index (χ1v) is 10.2. The second-order valence-electron chi connectivity index (χ2n) is 7.68. The molecule has 32 heavy (non-hydrogen) atoms. The topological polar surface area (TPSA) is 69.7 Å². The number of carbonyl (C=O) groups is 3. The van der Waals surface area contributed by atoms with E-state index in [2.05, 4.69) is 5.32 Å². The van der Waals surface area contributed by atoms with Crippen LogP contribution in [0.1, 0.15) is 17.5 Å². The van der Waals surface area contributed by atoms with Crippen LogP contribution in [0.2, 0.25) is 0 Å². The van der Waals surface area contributed by atoms with E-state index in [1.165, 1.54) is 29.2 Å². The molecule has 0 aromatic heterocycles. The maximum Gasteiger partial charge on any atom is 0.332 e. The SMILES string of the molecule is Cc1ccc(CN2C(=O)N(c3ccccc3)C(=O)[C@H]2CC(=O)Nc2ccc(F)cc2)cc1. The largest absolute Gasteiger partial charge is 0.332 e. The number of amides is 4. The normalized spacial score (nSPS) is 15.9. The zero-order chi connectivity index (χ0) is 22.7. The summed E-state index contributed by atoms with van der Waals surface area (Å²) in [6.45, 7) is 2.16. The van der Waals surface area contributed by atoms with E-state index in [4.69, 9.17) is 0 Å². The van der Waals surface area contributed by atoms with Crippen LogP contribution in [0.3, 0.4) is 0 Å². The Morgan fingerprint density at radius 1 is 0.938 bits per heavy atom. The lowest BCUT2D eigenvalue weighted by Gasteiger charge is -2.22. The van der Waals surface area contributed by atoms with Crippen molar-refractivity contribution >= 4 is 29.2 Å². The van der Waals surface area contributed by atoms with E-state index in [1.54, 1.807) is 30.3 Å². The van der Waals surface area contributed by atoms with Crippen molar-refractivity contribution in [3.8, 4) is 0 Å². The molecule has 1 aliphatic rings. The fourth-order valence-corrected chi connectivity index (χ4v) is 3.64. The molecular weight excluding hydrogens is 409 g/mol. The summed E-state index contributed by atoms with van der Waals surface area (Å²) in [5.74, 6) is -1.31. The molecule has 4 amide bonds. The number of hydrogen-bond donors (Lipinski definition) is 1. The van der Waals surface area contributed by atoms with Crippen molar-refractivity contribution in [3.05, 3.63) is 95.8 Å². The summed E-state index contributed by atoms with van der Waals surface area (Å²) in [5.41, 5.74) is 2.81. The van der Waals surface area contributed by atoms with Crippen LogP contribution in [0.5, 0.6) is 0 Å². The molecule has 1 saturated heterocycles. The number of carbonyl (C=O) groups excluding carboxylic acids is 3. The zero-order valence-corrected chi connectivity index (χ0v) is 17.5. The van der Waals surface area contributed by atoms with E-state index in [0.717, 1.165) is 16.0 Å². The van der Waals surface area contributed by atoms with Gasteiger partial charge in [0.05, 0.1) is 12.1 Å². The number of nitrogens with zero attached hydrogens (tertiary/aromatic N) is 2. The Morgan fingerprint density at radius 2 is 1.59 bits per heavy atom. The van der Waals surface area contributed by atoms with Gasteiger partial charge in [-0.2, -0.15) is 0 Å². The van der Waals surface area contributed by atoms with Crippen molar-refractivity contribution in [3.63, 3.8) is 0 Å². The molecule has 1 aliphatic heterocycles. The van der Waals surface area contributed by atoms with Crippen LogP contribution in [0.15, 0.2) is 78.9 Å². The number of anilines is 2. The molecule has 0 unspecified atom stereocenters. The van der Waals surface area contributed by atoms with Crippen molar-refractivity contribution in [2.24, 2.45) is 0 Å². The summed E-state index contributed by atoms with van der Waals surface area (Å²) < 4.78 is 13.1. The molecule has 4 rings (SSSR count). The lowest BCUT2D eigenvalue weighted by atomic mass is 10.1. The van der Waals surface area contributed by atoms with Gasteiger partial charge in [-0.25, -0.2) is 14.1 Å². The fraction of sp³-hybridized carbons (Fsp3) is 0.160. The van der Waals surface area contributed by atoms with Gasteiger partial charge < -0.3 is 10.2 Å². The third-order valence-electron chi connectivity index (χ3n) is 5.31. The predicted octanol–water partition coefficient (Wildman–Crippen LogP) is 4.50. The second-order valence-corrected chi connectivity index (χ2v) is 7.68. The Kier molecular flexibility index (Phi) is 5.98. The lowest BCUT2D eigenvalue weighted by Crippen LogP contribution is -2.37. The Balaban J connectivity index is 1.58. The second kappa shape index (κ2) is 9.01. The Hall–Kier alpha value is -4.00. The third kappa shape index (κ3) is 4.51. The predicted molar refractivity (Wildman–Crippen MR) is 119 cm³/mol. The minimum atomic E-state index is -0.954. The number of halogens is 1. The van der Waals surface area contributed by atoms with Gasteiger partial charge in [0.25, 0.3) is 5.91 Å². The minimum Gasteiger partial charge on any atom is -0.326 e. The van der Waals surface area contributed by atoms with Crippen LogP contribution >= 0.6 is 0 Å². The highest BCUT2D eigenvalue weighted by Crippen LogP contribution is 2.28. The first kappa shape index (κ1) is 21.2. The van der Waals surface area contributed by atoms with E-state index < -0.39 is 29.7 Å². The first-order chi connectivity index (χ1) is 15.4. The van der Waals surface area contributed by atoms with Crippen LogP contribution in [0.25, 0.3) is 0 Å². The van der Waals surface area contributed by atoms with Crippen molar-refractivity contribution < 1.29 is 18.8 Å². The van der Waals surface area contributed by atoms with Crippen LogP contribution < -0.4 is 10.2 Å². The van der Waals surface area contributed by atoms with Gasteiger partial charge >= 0.3 is 6.03 Å². The smallest absolute Gasteiger partial charge is 0.326 e. The molecule has 3 aromatic rings. The van der Waals surface area contributed by atoms with Gasteiger partial charge in [-0.15, -0.1) is 0 Å². The monoisotopic (exact) mass is 431 g/mol. The minimum absolute atomic E-state index is 0.197. The molecule has 0 radical (unpaired) electrons. The number of benzene rings is 3. The van der Waals surface area contributed by atoms with Gasteiger partial charge in [-0.1, -0.05) is 48.0 Å². The van der Waals surface area contributed by atoms with Crippen molar-refractivity contribution in [1.82, 2.24) is 4.90 Å². The molecule has 6 nitrogen and oxygen atoms in total. The molecule has 1 N–H and O–H groups in total. The van der Waals surface area contributed by atoms with Gasteiger partial charge in [0.2, 0.25) is 5.91 Å². The van der Waals surface area contributed by atoms with Gasteiger partial charge in [0.1, 0.15) is 11.9 Å². The summed E-state index contributed by atoms with van der Waals surface area (Å²) >= 11 is 0. The van der Waals surface area contributed by atoms with Gasteiger partial charge in [0.15, 0.2) is 0 Å². The molecule has 1 heterocycles. The molecular formula is C25H22FN3O3. The van der Waals surface area contributed by atoms with E-state index in [1.807, 2.05) is 31.2 Å². The van der Waals surface area contributed by atoms with Crippen LogP contribution in [0, 0.1) is 12.7 Å². The van der Waals surface area contributed by atoms with E-state index in [9.17, 15) is 18.8 Å². The molecule has 7 heteroatoms. The highest BCUT2D eigenvalue weighted by atomic mass is 19.1. The quantitative estimate of drug-likeness (QED) is 0.584. The highest BCUT2D eigenvalue weighted by Gasteiger charge is 2.46. The van der Waals surface area contributed by atoms with Crippen molar-refractivity contribution in [2.45, 2.75) is 25.9 Å². The molecule has 1 atom stereocenters. The number of nitrogens with one attached hydrogen (secondary N) is 1. The number of urea groups is 1. The molecule has 1 fully saturated rings. The van der Waals surface area contributed by atoms with Gasteiger partial charge in [0, 0.05) is 12.2 Å². The maximum atomic E-state index is 13.2. The summed E-state index contributed by atoms with van der Waals surface area (Å²) in [6, 6.07) is 20.2. The Bertz CT molecular complexity index is 1130. The first-order valence-electron chi connectivity index (χ1n) is 10.2. The molecule has 162 valence electrons. The number of rotatable bonds is 6. The molecule has 3 aromatic carbocycles. The van der Waals surface area contributed by atoms with E-state index >= 15 is 0 Å². The Morgan fingerprint density at radius 3 is 2.25 bits per heavy atom. The lowest BCUT2D eigenvalue weighted by molar-refractivity contribution is -0.124. The van der Waals surface area contributed by atoms with Crippen molar-refractivity contribution in [1.29, 1.82) is 0 Å². The van der Waals surface area contributed by atoms with E-state index in [-0.39, 0.29) is 13.0 Å². The number of hydrogen-bond acceptors (Lipinski definition) is 3. The summed E-state index contributed by atoms with van der Waals surface area (Å²) in [6.07, 6.45) is -0.211.